The first-order chi connectivity index (χ1) is 0. The average Bonchev–Trinajstić information content (AvgIpc) is 0. The van der Waals surface area contributed by atoms with Crippen LogP contribution in [0.3, 0.4) is 0 Å². The van der Waals surface area contributed by atoms with E-state index >= 15 is 0 Å². The first-order valence-electron chi connectivity index (χ1n) is 0. The minimum atomic E-state index is 0. The van der Waals surface area contributed by atoms with Gasteiger partial charge < -0.3 is 0 Å². The van der Waals surface area contributed by atoms with Crippen LogP contribution >= 0.6 is 0 Å². The molecule has 0 aliphatic carbocycles. The molecular weight excluding hydrogens is 158 g/mol. The Bertz CT molecular complexity index is 8.00. The van der Waals surface area contributed by atoms with Crippen LogP contribution in [0, 0.1) is 0 Å². The summed E-state index contributed by atoms with van der Waals surface area (Å²) in [5.74, 6) is 0. The van der Waals surface area contributed by atoms with Crippen LogP contribution in [-0.4, -0.2) is 40.4 Å². The Morgan fingerprint density at radius 1 is 1.00 bits per heavy atom. The summed E-state index contributed by atoms with van der Waals surface area (Å²) in [4.78, 5) is 0. The van der Waals surface area contributed by atoms with Gasteiger partial charge in [0.2, 0.25) is 0 Å². The topological polar surface area (TPSA) is 0 Å². The summed E-state index contributed by atoms with van der Waals surface area (Å²) >= 11 is 0. The smallest absolute Gasteiger partial charge is 0 e. The van der Waals surface area contributed by atoms with Crippen molar-refractivity contribution >= 4 is 40.4 Å². The van der Waals surface area contributed by atoms with Crippen molar-refractivity contribution in [3.8, 4) is 0 Å². The molecule has 0 aromatic rings. The third kappa shape index (κ3) is 8.84. The van der Waals surface area contributed by atoms with Crippen LogP contribution < -0.4 is 0 Å². The van der Waals surface area contributed by atoms with Crippen molar-refractivity contribution in [2.75, 3.05) is 0 Å². The van der Waals surface area contributed by atoms with Crippen LogP contribution in [0.25, 0.3) is 0 Å². The fourth-order valence-corrected chi connectivity index (χ4v) is 0. The largest absolute Gasteiger partial charge is 0.316 e. The molecule has 0 saturated heterocycles. The van der Waals surface area contributed by atoms with Gasteiger partial charge in [-0.2, -0.15) is 0 Å². The van der Waals surface area contributed by atoms with Crippen LogP contribution in [0.5, 0.6) is 0 Å². The van der Waals surface area contributed by atoms with Gasteiger partial charge in [-0.3, -0.25) is 0 Å². The molecule has 0 bridgehead atoms. The van der Waals surface area contributed by atoms with Crippen molar-refractivity contribution < 1.29 is 34.4 Å². The van der Waals surface area contributed by atoms with E-state index in [0.717, 1.165) is 0 Å². The Morgan fingerprint density at radius 2 is 1.00 bits per heavy atom. The third-order valence-electron chi connectivity index (χ3n) is 0. The molecule has 0 aromatic heterocycles. The molecule has 0 unspecified atom stereocenters. The minimum absolute atomic E-state index is 0. The van der Waals surface area contributed by atoms with Gasteiger partial charge in [0.1, 0.15) is 0 Å². The molecule has 4 heavy (non-hydrogen) atoms. The SMILES string of the molecule is [AlH3].[Cr].[MgH2].[Mn]. The Labute approximate surface area is 74.0 Å². The van der Waals surface area contributed by atoms with Crippen molar-refractivity contribution in [2.45, 2.75) is 0 Å². The van der Waals surface area contributed by atoms with Crippen LogP contribution in [0.4, 0.5) is 0 Å². The number of rotatable bonds is 0. The Kier molecular flexibility index (Phi) is 151. The molecule has 23 valence electrons. The predicted octanol–water partition coefficient (Wildman–Crippen LogP) is -2.11. The quantitative estimate of drug-likeness (QED) is 0.359. The molecule has 0 saturated carbocycles. The van der Waals surface area contributed by atoms with E-state index < -0.39 is 0 Å². The van der Waals surface area contributed by atoms with E-state index in [-0.39, 0.29) is 74.8 Å². The first-order valence-corrected chi connectivity index (χ1v) is 0. The monoisotopic (exact) mass is 163 g/mol. The molecule has 0 nitrogen and oxygen atoms in total. The average molecular weight is 163 g/mol. The van der Waals surface area contributed by atoms with E-state index in [1.165, 1.54) is 0 Å². The van der Waals surface area contributed by atoms with E-state index in [1.807, 2.05) is 0 Å². The Balaban J connectivity index is 0. The molecule has 0 fully saturated rings. The second-order valence-electron chi connectivity index (χ2n) is 0. The van der Waals surface area contributed by atoms with Crippen LogP contribution in [0.1, 0.15) is 0 Å². The van der Waals surface area contributed by atoms with E-state index in [1.54, 1.807) is 0 Å². The molecular formula is H5AlCrMgMn. The zero-order valence-electron chi connectivity index (χ0n) is 0.786. The minimum Gasteiger partial charge on any atom is 0 e. The van der Waals surface area contributed by atoms with Gasteiger partial charge in [-0.1, -0.05) is 0 Å². The number of hydrogen-bond acceptors (Lipinski definition) is 0. The van der Waals surface area contributed by atoms with Gasteiger partial charge in [0.15, 0.2) is 17.4 Å². The van der Waals surface area contributed by atoms with Gasteiger partial charge >= 0.3 is 23.1 Å². The molecule has 0 aliphatic heterocycles. The standard InChI is InChI=1S/Al.Cr.Mg.Mn.5H. The van der Waals surface area contributed by atoms with Crippen LogP contribution in [0.15, 0.2) is 0 Å². The van der Waals surface area contributed by atoms with Gasteiger partial charge in [0.25, 0.3) is 0 Å². The summed E-state index contributed by atoms with van der Waals surface area (Å²) in [7, 11) is 0. The molecule has 4 heteroatoms. The summed E-state index contributed by atoms with van der Waals surface area (Å²) < 4.78 is 0. The Morgan fingerprint density at radius 3 is 1.00 bits per heavy atom. The van der Waals surface area contributed by atoms with Gasteiger partial charge in [0, 0.05) is 34.4 Å². The molecule has 0 heterocycles. The normalized spacial score (nSPS) is 0. The second-order valence-corrected chi connectivity index (χ2v) is 0. The summed E-state index contributed by atoms with van der Waals surface area (Å²) in [6, 6.07) is 0. The van der Waals surface area contributed by atoms with E-state index in [4.69, 9.17) is 0 Å². The maximum Gasteiger partial charge on any atom is 0.316 e. The summed E-state index contributed by atoms with van der Waals surface area (Å²) in [5, 5.41) is 0. The van der Waals surface area contributed by atoms with Crippen LogP contribution in [0.2, 0.25) is 0 Å². The zero-order valence-corrected chi connectivity index (χ0v) is 3.24. The molecule has 0 rings (SSSR count). The van der Waals surface area contributed by atoms with Crippen molar-refractivity contribution in [2.24, 2.45) is 0 Å². The fraction of sp³-hybridized carbons (Fsp3) is 0. The third-order valence-corrected chi connectivity index (χ3v) is 0. The van der Waals surface area contributed by atoms with Crippen LogP contribution in [-0.2, 0) is 34.4 Å². The molecule has 0 amide bonds. The maximum atomic E-state index is 0. The van der Waals surface area contributed by atoms with E-state index in [2.05, 4.69) is 0 Å². The summed E-state index contributed by atoms with van der Waals surface area (Å²) in [6.07, 6.45) is 0. The summed E-state index contributed by atoms with van der Waals surface area (Å²) in [6.45, 7) is 0. The van der Waals surface area contributed by atoms with E-state index in [0.29, 0.717) is 0 Å². The van der Waals surface area contributed by atoms with Gasteiger partial charge in [-0.15, -0.1) is 0 Å². The maximum absolute atomic E-state index is 0. The van der Waals surface area contributed by atoms with Crippen molar-refractivity contribution in [1.82, 2.24) is 0 Å². The number of hydrogen-bond donors (Lipinski definition) is 0. The van der Waals surface area contributed by atoms with Crippen molar-refractivity contribution in [3.05, 3.63) is 0 Å². The molecule has 0 aliphatic rings. The van der Waals surface area contributed by atoms with E-state index in [9.17, 15) is 0 Å². The van der Waals surface area contributed by atoms with Crippen molar-refractivity contribution in [1.29, 1.82) is 0 Å². The van der Waals surface area contributed by atoms with Gasteiger partial charge in [-0.05, 0) is 0 Å². The first kappa shape index (κ1) is 32.9. The zero-order chi connectivity index (χ0) is 0. The fourth-order valence-electron chi connectivity index (χ4n) is 0. The molecule has 1 radical (unpaired) electrons. The molecule has 0 atom stereocenters. The molecule has 0 aromatic carbocycles. The molecule has 0 N–H and O–H groups in total. The van der Waals surface area contributed by atoms with Crippen molar-refractivity contribution in [3.63, 3.8) is 0 Å². The van der Waals surface area contributed by atoms with Gasteiger partial charge in [0.05, 0.1) is 0 Å². The predicted molar refractivity (Wildman–Crippen MR) is 18.5 cm³/mol. The Hall–Kier alpha value is 2.35. The molecule has 0 spiro atoms. The summed E-state index contributed by atoms with van der Waals surface area (Å²) in [5.41, 5.74) is 0. The second kappa shape index (κ2) is 18.3. The van der Waals surface area contributed by atoms with Gasteiger partial charge in [-0.25, -0.2) is 0 Å².